The molecule has 0 spiro atoms. The van der Waals surface area contributed by atoms with E-state index in [2.05, 4.69) is 6.92 Å². The van der Waals surface area contributed by atoms with Gasteiger partial charge in [-0.2, -0.15) is 0 Å². The molecule has 0 rings (SSSR count). The van der Waals surface area contributed by atoms with E-state index in [1.165, 1.54) is 32.1 Å². The highest BCUT2D eigenvalue weighted by molar-refractivity contribution is 6.71. The number of rotatable bonds is 8. The highest BCUT2D eigenvalue weighted by atomic mass is 28.4. The minimum atomic E-state index is -1.71. The molecule has 0 aromatic carbocycles. The Morgan fingerprint density at radius 2 is 1.75 bits per heavy atom. The van der Waals surface area contributed by atoms with Gasteiger partial charge in [-0.3, -0.25) is 0 Å². The Kier molecular flexibility index (Phi) is 8.26. The van der Waals surface area contributed by atoms with Gasteiger partial charge < -0.3 is 4.43 Å². The fourth-order valence-electron chi connectivity index (χ4n) is 1.38. The first-order chi connectivity index (χ1) is 7.45. The van der Waals surface area contributed by atoms with Crippen molar-refractivity contribution < 1.29 is 9.22 Å². The van der Waals surface area contributed by atoms with Crippen LogP contribution in [-0.2, 0) is 9.22 Å². The van der Waals surface area contributed by atoms with E-state index < -0.39 is 8.32 Å². The summed E-state index contributed by atoms with van der Waals surface area (Å²) in [5, 5.41) is 0. The second-order valence-electron chi connectivity index (χ2n) is 5.14. The molecule has 0 aromatic rings. The van der Waals surface area contributed by atoms with Crippen molar-refractivity contribution >= 4 is 14.3 Å². The summed E-state index contributed by atoms with van der Waals surface area (Å²) in [4.78, 5) is 11.3. The minimum Gasteiger partial charge on any atom is -0.517 e. The molecular weight excluding hydrogens is 216 g/mol. The van der Waals surface area contributed by atoms with Gasteiger partial charge in [0.05, 0.1) is 0 Å². The summed E-state index contributed by atoms with van der Waals surface area (Å²) in [5.74, 6) is -0.173. The fourth-order valence-corrected chi connectivity index (χ4v) is 2.05. The summed E-state index contributed by atoms with van der Waals surface area (Å²) in [6, 6.07) is 0. The Hall–Kier alpha value is -0.573. The zero-order valence-corrected chi connectivity index (χ0v) is 12.2. The lowest BCUT2D eigenvalue weighted by molar-refractivity contribution is -0.129. The van der Waals surface area contributed by atoms with Crippen LogP contribution >= 0.6 is 0 Å². The Balaban J connectivity index is 3.49. The molecule has 0 aliphatic carbocycles. The average Bonchev–Trinajstić information content (AvgIpc) is 2.13. The van der Waals surface area contributed by atoms with Gasteiger partial charge in [-0.05, 0) is 32.5 Å². The standard InChI is InChI=1S/C13H26O2Si/c1-5-6-7-8-9-10-11-12-13(14)15-16(2,3)4/h11-12H,5-10H2,1-4H3/b12-11+. The Morgan fingerprint density at radius 1 is 1.12 bits per heavy atom. The molecule has 0 aliphatic heterocycles. The largest absolute Gasteiger partial charge is 0.517 e. The molecule has 0 saturated carbocycles. The van der Waals surface area contributed by atoms with Crippen molar-refractivity contribution in [3.05, 3.63) is 12.2 Å². The van der Waals surface area contributed by atoms with Gasteiger partial charge in [-0.15, -0.1) is 0 Å². The number of allylic oxidation sites excluding steroid dienone is 1. The van der Waals surface area contributed by atoms with E-state index in [1.54, 1.807) is 6.08 Å². The normalized spacial score (nSPS) is 12.0. The maximum absolute atomic E-state index is 11.3. The molecule has 0 saturated heterocycles. The maximum Gasteiger partial charge on any atom is 0.317 e. The molecule has 0 aliphatic rings. The summed E-state index contributed by atoms with van der Waals surface area (Å²) < 4.78 is 5.30. The molecule has 3 heteroatoms. The van der Waals surface area contributed by atoms with Gasteiger partial charge in [0.15, 0.2) is 0 Å². The Labute approximate surface area is 101 Å². The highest BCUT2D eigenvalue weighted by Crippen LogP contribution is 2.06. The molecule has 0 aromatic heterocycles. The van der Waals surface area contributed by atoms with E-state index in [4.69, 9.17) is 4.43 Å². The SMILES string of the molecule is CCCCCCC/C=C/C(=O)O[Si](C)(C)C. The number of unbranched alkanes of at least 4 members (excludes halogenated alkanes) is 5. The van der Waals surface area contributed by atoms with Crippen molar-refractivity contribution in [1.29, 1.82) is 0 Å². The first-order valence-corrected chi connectivity index (χ1v) is 9.76. The lowest BCUT2D eigenvalue weighted by Crippen LogP contribution is -2.28. The van der Waals surface area contributed by atoms with Crippen LogP contribution in [0.25, 0.3) is 0 Å². The van der Waals surface area contributed by atoms with Gasteiger partial charge in [-0.25, -0.2) is 4.79 Å². The first-order valence-electron chi connectivity index (χ1n) is 6.35. The number of hydrogen-bond donors (Lipinski definition) is 0. The van der Waals surface area contributed by atoms with Gasteiger partial charge >= 0.3 is 5.97 Å². The summed E-state index contributed by atoms with van der Waals surface area (Å²) >= 11 is 0. The van der Waals surface area contributed by atoms with Crippen molar-refractivity contribution in [3.63, 3.8) is 0 Å². The number of hydrogen-bond acceptors (Lipinski definition) is 2. The van der Waals surface area contributed by atoms with Gasteiger partial charge in [-0.1, -0.05) is 38.7 Å². The van der Waals surface area contributed by atoms with Gasteiger partial charge in [0, 0.05) is 6.08 Å². The molecule has 16 heavy (non-hydrogen) atoms. The molecule has 0 amide bonds. The van der Waals surface area contributed by atoms with Crippen LogP contribution < -0.4 is 0 Å². The molecule has 0 radical (unpaired) electrons. The molecule has 0 bridgehead atoms. The summed E-state index contributed by atoms with van der Waals surface area (Å²) in [5.41, 5.74) is 0. The second-order valence-corrected chi connectivity index (χ2v) is 9.57. The van der Waals surface area contributed by atoms with E-state index in [1.807, 2.05) is 25.7 Å². The third-order valence-corrected chi connectivity index (χ3v) is 2.95. The van der Waals surface area contributed by atoms with Crippen LogP contribution in [0, 0.1) is 0 Å². The monoisotopic (exact) mass is 242 g/mol. The predicted octanol–water partition coefficient (Wildman–Crippen LogP) is 4.28. The topological polar surface area (TPSA) is 26.3 Å². The molecule has 0 heterocycles. The Bertz CT molecular complexity index is 216. The highest BCUT2D eigenvalue weighted by Gasteiger charge is 2.17. The number of carbonyl (C=O) groups is 1. The van der Waals surface area contributed by atoms with Gasteiger partial charge in [0.1, 0.15) is 0 Å². The van der Waals surface area contributed by atoms with Crippen molar-refractivity contribution in [3.8, 4) is 0 Å². The van der Waals surface area contributed by atoms with Crippen LogP contribution in [0.2, 0.25) is 19.6 Å². The van der Waals surface area contributed by atoms with Gasteiger partial charge in [0.25, 0.3) is 0 Å². The smallest absolute Gasteiger partial charge is 0.317 e. The molecule has 0 fully saturated rings. The zero-order valence-electron chi connectivity index (χ0n) is 11.2. The summed E-state index contributed by atoms with van der Waals surface area (Å²) in [7, 11) is -1.71. The van der Waals surface area contributed by atoms with Crippen molar-refractivity contribution in [2.45, 2.75) is 65.1 Å². The van der Waals surface area contributed by atoms with Crippen LogP contribution in [0.4, 0.5) is 0 Å². The quantitative estimate of drug-likeness (QED) is 0.361. The van der Waals surface area contributed by atoms with E-state index in [9.17, 15) is 4.79 Å². The van der Waals surface area contributed by atoms with Crippen molar-refractivity contribution in [2.75, 3.05) is 0 Å². The predicted molar refractivity (Wildman–Crippen MR) is 72.0 cm³/mol. The third-order valence-electron chi connectivity index (χ3n) is 2.14. The summed E-state index contributed by atoms with van der Waals surface area (Å²) in [6.45, 7) is 8.27. The molecule has 0 atom stereocenters. The van der Waals surface area contributed by atoms with E-state index in [-0.39, 0.29) is 5.97 Å². The van der Waals surface area contributed by atoms with Crippen LogP contribution in [0.15, 0.2) is 12.2 Å². The number of carbonyl (C=O) groups excluding carboxylic acids is 1. The lowest BCUT2D eigenvalue weighted by Gasteiger charge is -2.15. The third kappa shape index (κ3) is 11.5. The van der Waals surface area contributed by atoms with Crippen LogP contribution in [0.1, 0.15) is 45.4 Å². The van der Waals surface area contributed by atoms with E-state index >= 15 is 0 Å². The zero-order chi connectivity index (χ0) is 12.4. The summed E-state index contributed by atoms with van der Waals surface area (Å²) in [6.07, 6.45) is 10.9. The molecule has 0 unspecified atom stereocenters. The first kappa shape index (κ1) is 15.4. The minimum absolute atomic E-state index is 0.173. The van der Waals surface area contributed by atoms with Crippen molar-refractivity contribution in [1.82, 2.24) is 0 Å². The fraction of sp³-hybridized carbons (Fsp3) is 0.769. The molecular formula is C13H26O2Si. The average molecular weight is 242 g/mol. The van der Waals surface area contributed by atoms with E-state index in [0.29, 0.717) is 0 Å². The van der Waals surface area contributed by atoms with Gasteiger partial charge in [0.2, 0.25) is 8.32 Å². The molecule has 2 nitrogen and oxygen atoms in total. The maximum atomic E-state index is 11.3. The van der Waals surface area contributed by atoms with Crippen LogP contribution in [0.5, 0.6) is 0 Å². The van der Waals surface area contributed by atoms with Crippen LogP contribution in [-0.4, -0.2) is 14.3 Å². The van der Waals surface area contributed by atoms with Crippen LogP contribution in [0.3, 0.4) is 0 Å². The lowest BCUT2D eigenvalue weighted by atomic mass is 10.1. The van der Waals surface area contributed by atoms with Crippen molar-refractivity contribution in [2.24, 2.45) is 0 Å². The second kappa shape index (κ2) is 8.56. The molecule has 94 valence electrons. The molecule has 0 N–H and O–H groups in total. The Morgan fingerprint density at radius 3 is 2.31 bits per heavy atom. The van der Waals surface area contributed by atoms with E-state index in [0.717, 1.165) is 6.42 Å².